The Kier molecular flexibility index (Phi) is 8.02. The molecule has 1 fully saturated rings. The highest BCUT2D eigenvalue weighted by molar-refractivity contribution is 5.90. The molecular weight excluding hydrogens is 502 g/mol. The highest BCUT2D eigenvalue weighted by atomic mass is 16.5. The van der Waals surface area contributed by atoms with Crippen molar-refractivity contribution < 1.29 is 14.3 Å². The van der Waals surface area contributed by atoms with E-state index in [1.807, 2.05) is 61.2 Å². The molecule has 1 aliphatic rings. The Labute approximate surface area is 234 Å². The SMILES string of the molecule is CCOc1cc(/C=C(\C#N)c2nc3cc(C)c(C)cc3[nH]2)ccc1OCC(=O)N1CCN(c2ccccc2)CC1. The van der Waals surface area contributed by atoms with E-state index in [4.69, 9.17) is 9.47 Å². The molecule has 1 amide bonds. The van der Waals surface area contributed by atoms with Gasteiger partial charge in [0.15, 0.2) is 18.1 Å². The molecular formula is C32H33N5O3. The number of anilines is 1. The number of para-hydroxylation sites is 1. The number of hydrogen-bond acceptors (Lipinski definition) is 6. The number of carbonyl (C=O) groups excluding carboxylic acids is 1. The van der Waals surface area contributed by atoms with E-state index in [2.05, 4.69) is 40.0 Å². The van der Waals surface area contributed by atoms with E-state index in [0.717, 1.165) is 40.8 Å². The molecule has 8 nitrogen and oxygen atoms in total. The Hall–Kier alpha value is -4.77. The number of aromatic nitrogens is 2. The first kappa shape index (κ1) is 26.8. The summed E-state index contributed by atoms with van der Waals surface area (Å²) in [6.45, 7) is 9.22. The zero-order valence-electron chi connectivity index (χ0n) is 23.1. The van der Waals surface area contributed by atoms with Gasteiger partial charge in [0.2, 0.25) is 0 Å². The van der Waals surface area contributed by atoms with Crippen LogP contribution in [-0.4, -0.2) is 60.2 Å². The van der Waals surface area contributed by atoms with E-state index >= 15 is 0 Å². The summed E-state index contributed by atoms with van der Waals surface area (Å²) in [6.07, 6.45) is 1.76. The van der Waals surface area contributed by atoms with Crippen molar-refractivity contribution in [3.8, 4) is 17.6 Å². The normalized spacial score (nSPS) is 13.8. The lowest BCUT2D eigenvalue weighted by Gasteiger charge is -2.36. The number of carbonyl (C=O) groups is 1. The number of ether oxygens (including phenoxy) is 2. The monoisotopic (exact) mass is 535 g/mol. The number of imidazole rings is 1. The second-order valence-electron chi connectivity index (χ2n) is 9.84. The fourth-order valence-electron chi connectivity index (χ4n) is 4.80. The van der Waals surface area contributed by atoms with Gasteiger partial charge < -0.3 is 24.3 Å². The minimum Gasteiger partial charge on any atom is -0.490 e. The van der Waals surface area contributed by atoms with Crippen LogP contribution in [0.4, 0.5) is 5.69 Å². The number of rotatable bonds is 8. The second-order valence-corrected chi connectivity index (χ2v) is 9.84. The highest BCUT2D eigenvalue weighted by Gasteiger charge is 2.22. The number of fused-ring (bicyclic) bond motifs is 1. The summed E-state index contributed by atoms with van der Waals surface area (Å²) in [6, 6.07) is 22.0. The van der Waals surface area contributed by atoms with Crippen molar-refractivity contribution in [2.24, 2.45) is 0 Å². The lowest BCUT2D eigenvalue weighted by molar-refractivity contribution is -0.133. The van der Waals surface area contributed by atoms with Crippen molar-refractivity contribution in [1.82, 2.24) is 14.9 Å². The van der Waals surface area contributed by atoms with E-state index < -0.39 is 0 Å². The molecule has 0 radical (unpaired) electrons. The third-order valence-corrected chi connectivity index (χ3v) is 7.16. The molecule has 0 bridgehead atoms. The first-order chi connectivity index (χ1) is 19.4. The summed E-state index contributed by atoms with van der Waals surface area (Å²) in [7, 11) is 0. The standard InChI is InChI=1S/C32H33N5O3/c1-4-39-30-19-24(18-25(20-33)32-34-27-16-22(2)23(3)17-28(27)35-32)10-11-29(30)40-21-31(38)37-14-12-36(13-15-37)26-8-6-5-7-9-26/h5-11,16-19H,4,12-15,21H2,1-3H3,(H,34,35)/b25-18+. The Bertz CT molecular complexity index is 1540. The molecule has 40 heavy (non-hydrogen) atoms. The van der Waals surface area contributed by atoms with Gasteiger partial charge in [-0.25, -0.2) is 4.98 Å². The topological polar surface area (TPSA) is 94.5 Å². The average molecular weight is 536 g/mol. The summed E-state index contributed by atoms with van der Waals surface area (Å²) in [5.74, 6) is 1.47. The molecule has 1 aliphatic heterocycles. The van der Waals surface area contributed by atoms with Gasteiger partial charge in [0.05, 0.1) is 23.2 Å². The maximum atomic E-state index is 12.9. The number of nitriles is 1. The molecule has 204 valence electrons. The lowest BCUT2D eigenvalue weighted by atomic mass is 10.1. The molecule has 2 heterocycles. The van der Waals surface area contributed by atoms with E-state index in [1.54, 1.807) is 12.1 Å². The molecule has 1 N–H and O–H groups in total. The second kappa shape index (κ2) is 12.0. The summed E-state index contributed by atoms with van der Waals surface area (Å²) in [5, 5.41) is 9.87. The van der Waals surface area contributed by atoms with Crippen molar-refractivity contribution in [1.29, 1.82) is 5.26 Å². The van der Waals surface area contributed by atoms with Gasteiger partial charge in [-0.05, 0) is 79.9 Å². The molecule has 0 spiro atoms. The minimum absolute atomic E-state index is 0.0544. The summed E-state index contributed by atoms with van der Waals surface area (Å²) in [4.78, 5) is 24.9. The van der Waals surface area contributed by atoms with Gasteiger partial charge in [-0.15, -0.1) is 0 Å². The van der Waals surface area contributed by atoms with Gasteiger partial charge in [-0.3, -0.25) is 4.79 Å². The third kappa shape index (κ3) is 5.94. The van der Waals surface area contributed by atoms with E-state index in [1.165, 1.54) is 5.69 Å². The molecule has 0 unspecified atom stereocenters. The maximum absolute atomic E-state index is 12.9. The fraction of sp³-hybridized carbons (Fsp3) is 0.281. The third-order valence-electron chi connectivity index (χ3n) is 7.16. The van der Waals surface area contributed by atoms with Crippen LogP contribution in [0.15, 0.2) is 60.7 Å². The van der Waals surface area contributed by atoms with Crippen molar-refractivity contribution in [2.45, 2.75) is 20.8 Å². The van der Waals surface area contributed by atoms with Crippen LogP contribution in [0, 0.1) is 25.2 Å². The van der Waals surface area contributed by atoms with Crippen molar-refractivity contribution in [3.05, 3.63) is 83.2 Å². The number of aryl methyl sites for hydroxylation is 2. The largest absolute Gasteiger partial charge is 0.490 e. The summed E-state index contributed by atoms with van der Waals surface area (Å²) >= 11 is 0. The molecule has 0 saturated carbocycles. The number of nitrogens with zero attached hydrogens (tertiary/aromatic N) is 4. The van der Waals surface area contributed by atoms with Gasteiger partial charge in [-0.2, -0.15) is 5.26 Å². The van der Waals surface area contributed by atoms with Crippen LogP contribution >= 0.6 is 0 Å². The van der Waals surface area contributed by atoms with Crippen molar-refractivity contribution in [2.75, 3.05) is 44.3 Å². The van der Waals surface area contributed by atoms with Crippen LogP contribution in [-0.2, 0) is 4.79 Å². The van der Waals surface area contributed by atoms with Crippen LogP contribution in [0.5, 0.6) is 11.5 Å². The Morgan fingerprint density at radius 2 is 1.75 bits per heavy atom. The van der Waals surface area contributed by atoms with Crippen molar-refractivity contribution >= 4 is 34.3 Å². The van der Waals surface area contributed by atoms with Gasteiger partial charge in [0.1, 0.15) is 11.9 Å². The van der Waals surface area contributed by atoms with Crippen LogP contribution in [0.2, 0.25) is 0 Å². The number of nitrogens with one attached hydrogen (secondary N) is 1. The number of benzene rings is 3. The van der Waals surface area contributed by atoms with Crippen LogP contribution in [0.25, 0.3) is 22.7 Å². The zero-order valence-corrected chi connectivity index (χ0v) is 23.1. The lowest BCUT2D eigenvalue weighted by Crippen LogP contribution is -2.50. The molecule has 4 aromatic rings. The average Bonchev–Trinajstić information content (AvgIpc) is 3.38. The highest BCUT2D eigenvalue weighted by Crippen LogP contribution is 2.31. The molecule has 8 heteroatoms. The van der Waals surface area contributed by atoms with Gasteiger partial charge in [-0.1, -0.05) is 24.3 Å². The molecule has 0 atom stereocenters. The van der Waals surface area contributed by atoms with E-state index in [0.29, 0.717) is 42.6 Å². The Morgan fingerprint density at radius 3 is 2.48 bits per heavy atom. The summed E-state index contributed by atoms with van der Waals surface area (Å²) < 4.78 is 11.7. The molecule has 5 rings (SSSR count). The molecule has 0 aliphatic carbocycles. The zero-order chi connectivity index (χ0) is 28.1. The fourth-order valence-corrected chi connectivity index (χ4v) is 4.80. The van der Waals surface area contributed by atoms with Gasteiger partial charge >= 0.3 is 0 Å². The number of piperazine rings is 1. The minimum atomic E-state index is -0.0676. The van der Waals surface area contributed by atoms with Crippen LogP contribution < -0.4 is 14.4 Å². The number of aromatic amines is 1. The smallest absolute Gasteiger partial charge is 0.260 e. The maximum Gasteiger partial charge on any atom is 0.260 e. The van der Waals surface area contributed by atoms with E-state index in [-0.39, 0.29) is 12.5 Å². The molecule has 3 aromatic carbocycles. The first-order valence-electron chi connectivity index (χ1n) is 13.5. The predicted molar refractivity (Wildman–Crippen MR) is 157 cm³/mol. The first-order valence-corrected chi connectivity index (χ1v) is 13.5. The Balaban J connectivity index is 1.26. The summed E-state index contributed by atoms with van der Waals surface area (Å²) in [5.41, 5.74) is 6.38. The van der Waals surface area contributed by atoms with Crippen LogP contribution in [0.1, 0.15) is 29.4 Å². The molecule has 1 aromatic heterocycles. The van der Waals surface area contributed by atoms with Crippen molar-refractivity contribution in [3.63, 3.8) is 0 Å². The van der Waals surface area contributed by atoms with Crippen LogP contribution in [0.3, 0.4) is 0 Å². The quantitative estimate of drug-likeness (QED) is 0.305. The van der Waals surface area contributed by atoms with Gasteiger partial charge in [0.25, 0.3) is 5.91 Å². The predicted octanol–water partition coefficient (Wildman–Crippen LogP) is 5.37. The number of amides is 1. The number of H-pyrrole nitrogens is 1. The molecule has 1 saturated heterocycles. The Morgan fingerprint density at radius 1 is 1.00 bits per heavy atom. The van der Waals surface area contributed by atoms with E-state index in [9.17, 15) is 10.1 Å². The number of hydrogen-bond donors (Lipinski definition) is 1. The van der Waals surface area contributed by atoms with Gasteiger partial charge in [0, 0.05) is 31.9 Å². The number of allylic oxidation sites excluding steroid dienone is 1.